The lowest BCUT2D eigenvalue weighted by molar-refractivity contribution is 0.535. The van der Waals surface area contributed by atoms with E-state index < -0.39 is 0 Å². The van der Waals surface area contributed by atoms with Gasteiger partial charge < -0.3 is 0 Å². The zero-order valence-corrected chi connectivity index (χ0v) is 14.9. The van der Waals surface area contributed by atoms with E-state index in [1.54, 1.807) is 0 Å². The maximum Gasteiger partial charge on any atom is 0.0403 e. The summed E-state index contributed by atoms with van der Waals surface area (Å²) in [5.74, 6) is 0. The molecule has 0 bridgehead atoms. The SMILES string of the molecule is C.CCCCCCCCCCCCCCCCc1ccccn1. The van der Waals surface area contributed by atoms with Gasteiger partial charge in [0.2, 0.25) is 0 Å². The number of hydrogen-bond donors (Lipinski definition) is 0. The molecule has 1 nitrogen and oxygen atoms in total. The van der Waals surface area contributed by atoms with Crippen LogP contribution in [-0.4, -0.2) is 4.98 Å². The van der Waals surface area contributed by atoms with Gasteiger partial charge in [-0.15, -0.1) is 0 Å². The van der Waals surface area contributed by atoms with Crippen LogP contribution >= 0.6 is 0 Å². The fraction of sp³-hybridized carbons (Fsp3) is 0.773. The fourth-order valence-corrected chi connectivity index (χ4v) is 3.05. The Hall–Kier alpha value is -0.850. The smallest absolute Gasteiger partial charge is 0.0403 e. The minimum Gasteiger partial charge on any atom is -0.261 e. The average Bonchev–Trinajstić information content (AvgIpc) is 2.56. The van der Waals surface area contributed by atoms with Crippen molar-refractivity contribution in [2.45, 2.75) is 111 Å². The highest BCUT2D eigenvalue weighted by Crippen LogP contribution is 2.13. The molecule has 1 aromatic heterocycles. The van der Waals surface area contributed by atoms with Crippen molar-refractivity contribution in [2.24, 2.45) is 0 Å². The van der Waals surface area contributed by atoms with Crippen molar-refractivity contribution in [3.63, 3.8) is 0 Å². The lowest BCUT2D eigenvalue weighted by Gasteiger charge is -2.03. The van der Waals surface area contributed by atoms with Crippen molar-refractivity contribution in [2.75, 3.05) is 0 Å². The highest BCUT2D eigenvalue weighted by molar-refractivity contribution is 5.03. The van der Waals surface area contributed by atoms with E-state index in [0.717, 1.165) is 6.42 Å². The van der Waals surface area contributed by atoms with Crippen LogP contribution in [-0.2, 0) is 6.42 Å². The van der Waals surface area contributed by atoms with Crippen LogP contribution in [0.2, 0.25) is 0 Å². The molecule has 1 heterocycles. The molecule has 0 spiro atoms. The van der Waals surface area contributed by atoms with Crippen molar-refractivity contribution in [3.05, 3.63) is 30.1 Å². The van der Waals surface area contributed by atoms with Crippen molar-refractivity contribution < 1.29 is 0 Å². The molecule has 0 radical (unpaired) electrons. The number of rotatable bonds is 15. The summed E-state index contributed by atoms with van der Waals surface area (Å²) in [4.78, 5) is 4.38. The number of unbranched alkanes of at least 4 members (excludes halogenated alkanes) is 13. The van der Waals surface area contributed by atoms with Gasteiger partial charge in [-0.3, -0.25) is 4.98 Å². The maximum atomic E-state index is 4.38. The van der Waals surface area contributed by atoms with E-state index >= 15 is 0 Å². The van der Waals surface area contributed by atoms with E-state index in [-0.39, 0.29) is 7.43 Å². The van der Waals surface area contributed by atoms with Crippen LogP contribution in [0.4, 0.5) is 0 Å². The molecule has 0 saturated carbocycles. The highest BCUT2D eigenvalue weighted by atomic mass is 14.7. The molecule has 0 unspecified atom stereocenters. The molecule has 134 valence electrons. The molecule has 1 heteroatoms. The zero-order chi connectivity index (χ0) is 15.7. The fourth-order valence-electron chi connectivity index (χ4n) is 3.05. The Labute approximate surface area is 146 Å². The molecular weight excluding hydrogens is 278 g/mol. The summed E-state index contributed by atoms with van der Waals surface area (Å²) in [6, 6.07) is 6.23. The number of nitrogens with zero attached hydrogens (tertiary/aromatic N) is 1. The van der Waals surface area contributed by atoms with Crippen molar-refractivity contribution >= 4 is 0 Å². The number of aromatic nitrogens is 1. The summed E-state index contributed by atoms with van der Waals surface area (Å²) in [5.41, 5.74) is 1.25. The van der Waals surface area contributed by atoms with Gasteiger partial charge in [0.05, 0.1) is 0 Å². The standard InChI is InChI=1S/C21H37N.CH4/c1-2-3-4-5-6-7-8-9-10-11-12-13-14-15-18-21-19-16-17-20-22-21;/h16-17,19-20H,2-15,18H2,1H3;1H4. The van der Waals surface area contributed by atoms with Gasteiger partial charge in [0, 0.05) is 11.9 Å². The normalized spacial score (nSPS) is 10.5. The molecule has 0 aliphatic carbocycles. The third-order valence-corrected chi connectivity index (χ3v) is 4.51. The van der Waals surface area contributed by atoms with Crippen LogP contribution in [0, 0.1) is 0 Å². The second kappa shape index (κ2) is 17.5. The van der Waals surface area contributed by atoms with Crippen LogP contribution < -0.4 is 0 Å². The minimum absolute atomic E-state index is 0. The first kappa shape index (κ1) is 22.1. The van der Waals surface area contributed by atoms with Gasteiger partial charge in [-0.2, -0.15) is 0 Å². The van der Waals surface area contributed by atoms with E-state index in [9.17, 15) is 0 Å². The molecule has 0 aliphatic heterocycles. The van der Waals surface area contributed by atoms with Gasteiger partial charge in [-0.05, 0) is 25.0 Å². The molecule has 0 aliphatic rings. The van der Waals surface area contributed by atoms with Crippen molar-refractivity contribution in [3.8, 4) is 0 Å². The molecule has 1 aromatic rings. The van der Waals surface area contributed by atoms with E-state index in [4.69, 9.17) is 0 Å². The third kappa shape index (κ3) is 14.5. The molecule has 0 amide bonds. The molecular formula is C22H41N. The van der Waals surface area contributed by atoms with Crippen LogP contribution in [0.5, 0.6) is 0 Å². The lowest BCUT2D eigenvalue weighted by atomic mass is 10.0. The van der Waals surface area contributed by atoms with Gasteiger partial charge in [-0.25, -0.2) is 0 Å². The molecule has 1 rings (SSSR count). The van der Waals surface area contributed by atoms with E-state index in [2.05, 4.69) is 24.0 Å². The topological polar surface area (TPSA) is 12.9 Å². The van der Waals surface area contributed by atoms with Crippen LogP contribution in [0.3, 0.4) is 0 Å². The van der Waals surface area contributed by atoms with Crippen LogP contribution in [0.15, 0.2) is 24.4 Å². The second-order valence-corrected chi connectivity index (χ2v) is 6.67. The Morgan fingerprint density at radius 1 is 0.652 bits per heavy atom. The first-order chi connectivity index (χ1) is 10.9. The summed E-state index contributed by atoms with van der Waals surface area (Å²) >= 11 is 0. The quantitative estimate of drug-likeness (QED) is 0.301. The average molecular weight is 320 g/mol. The summed E-state index contributed by atoms with van der Waals surface area (Å²) in [7, 11) is 0. The van der Waals surface area contributed by atoms with E-state index in [0.29, 0.717) is 0 Å². The Bertz CT molecular complexity index is 320. The Morgan fingerprint density at radius 3 is 1.57 bits per heavy atom. The van der Waals surface area contributed by atoms with E-state index in [1.165, 1.54) is 95.6 Å². The van der Waals surface area contributed by atoms with Crippen LogP contribution in [0.1, 0.15) is 110 Å². The number of hydrogen-bond acceptors (Lipinski definition) is 1. The van der Waals surface area contributed by atoms with Gasteiger partial charge in [0.1, 0.15) is 0 Å². The Morgan fingerprint density at radius 2 is 1.13 bits per heavy atom. The molecule has 0 aromatic carbocycles. The Balaban J connectivity index is 0.00000484. The molecule has 0 atom stereocenters. The number of pyridine rings is 1. The molecule has 0 fully saturated rings. The predicted molar refractivity (Wildman–Crippen MR) is 105 cm³/mol. The summed E-state index contributed by atoms with van der Waals surface area (Å²) < 4.78 is 0. The third-order valence-electron chi connectivity index (χ3n) is 4.51. The first-order valence-corrected chi connectivity index (χ1v) is 9.83. The monoisotopic (exact) mass is 319 g/mol. The second-order valence-electron chi connectivity index (χ2n) is 6.67. The predicted octanol–water partition coefficient (Wildman–Crippen LogP) is 7.74. The molecule has 0 N–H and O–H groups in total. The minimum atomic E-state index is 0. The van der Waals surface area contributed by atoms with Gasteiger partial charge in [-0.1, -0.05) is 104 Å². The Kier molecular flexibility index (Phi) is 16.9. The highest BCUT2D eigenvalue weighted by Gasteiger charge is 1.95. The van der Waals surface area contributed by atoms with E-state index in [1.807, 2.05) is 12.3 Å². The summed E-state index contributed by atoms with van der Waals surface area (Å²) in [6.07, 6.45) is 23.0. The van der Waals surface area contributed by atoms with Gasteiger partial charge in [0.25, 0.3) is 0 Å². The molecule has 0 saturated heterocycles. The summed E-state index contributed by atoms with van der Waals surface area (Å²) in [5, 5.41) is 0. The van der Waals surface area contributed by atoms with Crippen LogP contribution in [0.25, 0.3) is 0 Å². The first-order valence-electron chi connectivity index (χ1n) is 9.83. The largest absolute Gasteiger partial charge is 0.261 e. The lowest BCUT2D eigenvalue weighted by Crippen LogP contribution is -1.89. The maximum absolute atomic E-state index is 4.38. The van der Waals surface area contributed by atoms with Gasteiger partial charge in [0.15, 0.2) is 0 Å². The van der Waals surface area contributed by atoms with Crippen molar-refractivity contribution in [1.82, 2.24) is 4.98 Å². The molecule has 23 heavy (non-hydrogen) atoms. The summed E-state index contributed by atoms with van der Waals surface area (Å²) in [6.45, 7) is 2.29. The number of aryl methyl sites for hydroxylation is 1. The zero-order valence-electron chi connectivity index (χ0n) is 14.9. The van der Waals surface area contributed by atoms with Gasteiger partial charge >= 0.3 is 0 Å². The van der Waals surface area contributed by atoms with Crippen molar-refractivity contribution in [1.29, 1.82) is 0 Å².